The van der Waals surface area contributed by atoms with E-state index in [2.05, 4.69) is 29.4 Å². The number of anilines is 1. The van der Waals surface area contributed by atoms with E-state index in [0.29, 0.717) is 13.2 Å². The van der Waals surface area contributed by atoms with Gasteiger partial charge in [-0.3, -0.25) is 0 Å². The third kappa shape index (κ3) is 2.96. The molecule has 8 heteroatoms. The third-order valence-electron chi connectivity index (χ3n) is 3.33. The lowest BCUT2D eigenvalue weighted by atomic mass is 10.2. The predicted molar refractivity (Wildman–Crippen MR) is 75.8 cm³/mol. The van der Waals surface area contributed by atoms with Crippen LogP contribution in [0, 0.1) is 0 Å². The molecule has 2 aromatic rings. The summed E-state index contributed by atoms with van der Waals surface area (Å²) in [6.07, 6.45) is 4.20. The van der Waals surface area contributed by atoms with E-state index >= 15 is 0 Å². The summed E-state index contributed by atoms with van der Waals surface area (Å²) in [6, 6.07) is 0. The van der Waals surface area contributed by atoms with Crippen molar-refractivity contribution < 1.29 is 4.74 Å². The monoisotopic (exact) mass is 294 g/mol. The van der Waals surface area contributed by atoms with Gasteiger partial charge in [0.1, 0.15) is 11.6 Å². The van der Waals surface area contributed by atoms with Gasteiger partial charge in [0, 0.05) is 38.0 Å². The van der Waals surface area contributed by atoms with Crippen molar-refractivity contribution >= 4 is 16.7 Å². The van der Waals surface area contributed by atoms with Crippen LogP contribution < -0.4 is 5.32 Å². The molecule has 0 spiro atoms. The molecule has 0 fully saturated rings. The Labute approximate surface area is 121 Å². The van der Waals surface area contributed by atoms with E-state index in [1.807, 2.05) is 0 Å². The van der Waals surface area contributed by atoms with Crippen LogP contribution in [0.25, 0.3) is 0 Å². The van der Waals surface area contributed by atoms with Crippen molar-refractivity contribution in [1.82, 2.24) is 24.1 Å². The van der Waals surface area contributed by atoms with Crippen LogP contribution >= 0.6 is 11.5 Å². The quantitative estimate of drug-likeness (QED) is 0.864. The third-order valence-corrected chi connectivity index (χ3v) is 4.04. The number of aryl methyl sites for hydroxylation is 1. The Morgan fingerprint density at radius 3 is 3.20 bits per heavy atom. The normalized spacial score (nSPS) is 14.2. The van der Waals surface area contributed by atoms with Gasteiger partial charge in [0.05, 0.1) is 13.2 Å². The lowest BCUT2D eigenvalue weighted by molar-refractivity contribution is 0.201. The zero-order valence-electron chi connectivity index (χ0n) is 11.5. The van der Waals surface area contributed by atoms with Gasteiger partial charge in [-0.1, -0.05) is 0 Å². The maximum atomic E-state index is 5.02. The first-order valence-electron chi connectivity index (χ1n) is 6.83. The molecule has 1 aliphatic rings. The van der Waals surface area contributed by atoms with Gasteiger partial charge in [0.15, 0.2) is 5.82 Å². The molecule has 7 nitrogen and oxygen atoms in total. The molecule has 0 radical (unpaired) electrons. The summed E-state index contributed by atoms with van der Waals surface area (Å²) < 4.78 is 11.5. The lowest BCUT2D eigenvalue weighted by Gasteiger charge is -2.14. The van der Waals surface area contributed by atoms with Crippen molar-refractivity contribution in [3.05, 3.63) is 17.5 Å². The fourth-order valence-corrected chi connectivity index (χ4v) is 2.88. The number of hydrogen-bond donors (Lipinski definition) is 1. The molecule has 0 aliphatic carbocycles. The van der Waals surface area contributed by atoms with Gasteiger partial charge in [-0.05, 0) is 12.8 Å². The van der Waals surface area contributed by atoms with E-state index in [0.717, 1.165) is 42.0 Å². The van der Waals surface area contributed by atoms with Crippen molar-refractivity contribution in [2.75, 3.05) is 19.0 Å². The average Bonchev–Trinajstić information content (AvgIpc) is 3.10. The Hall–Kier alpha value is -1.54. The minimum atomic E-state index is 0.645. The molecule has 0 aromatic carbocycles. The van der Waals surface area contributed by atoms with E-state index in [-0.39, 0.29) is 0 Å². The van der Waals surface area contributed by atoms with Gasteiger partial charge < -0.3 is 14.6 Å². The SMILES string of the molecule is COCCc1nsc(NCc2nnc3n2CCCC3)n1. The minimum absolute atomic E-state index is 0.645. The first-order chi connectivity index (χ1) is 9.86. The second kappa shape index (κ2) is 6.27. The van der Waals surface area contributed by atoms with E-state index in [1.165, 1.54) is 24.4 Å². The standard InChI is InChI=1S/C12H18N6OS/c1-19-7-5-9-14-12(20-17-9)13-8-11-16-15-10-4-2-3-6-18(10)11/h2-8H2,1H3,(H,13,14,17). The van der Waals surface area contributed by atoms with Crippen LogP contribution in [0.4, 0.5) is 5.13 Å². The van der Waals surface area contributed by atoms with E-state index in [4.69, 9.17) is 4.74 Å². The Kier molecular flexibility index (Phi) is 4.22. The topological polar surface area (TPSA) is 77.8 Å². The molecule has 0 unspecified atom stereocenters. The smallest absolute Gasteiger partial charge is 0.202 e. The second-order valence-electron chi connectivity index (χ2n) is 4.75. The number of fused-ring (bicyclic) bond motifs is 1. The molecule has 108 valence electrons. The summed E-state index contributed by atoms with van der Waals surface area (Å²) >= 11 is 1.37. The molecule has 1 aliphatic heterocycles. The number of methoxy groups -OCH3 is 1. The molecule has 3 rings (SSSR count). The fourth-order valence-electron chi connectivity index (χ4n) is 2.27. The zero-order chi connectivity index (χ0) is 13.8. The molecule has 0 bridgehead atoms. The number of ether oxygens (including phenoxy) is 1. The summed E-state index contributed by atoms with van der Waals surface area (Å²) in [4.78, 5) is 4.42. The van der Waals surface area contributed by atoms with Crippen LogP contribution in [-0.4, -0.2) is 37.8 Å². The molecule has 0 amide bonds. The molecular weight excluding hydrogens is 276 g/mol. The minimum Gasteiger partial charge on any atom is -0.384 e. The van der Waals surface area contributed by atoms with Gasteiger partial charge in [-0.15, -0.1) is 10.2 Å². The van der Waals surface area contributed by atoms with Crippen LogP contribution in [0.5, 0.6) is 0 Å². The fraction of sp³-hybridized carbons (Fsp3) is 0.667. The highest BCUT2D eigenvalue weighted by Crippen LogP contribution is 2.16. The van der Waals surface area contributed by atoms with E-state index in [1.54, 1.807) is 7.11 Å². The lowest BCUT2D eigenvalue weighted by Crippen LogP contribution is -2.15. The highest BCUT2D eigenvalue weighted by molar-refractivity contribution is 7.09. The van der Waals surface area contributed by atoms with Crippen molar-refractivity contribution in [1.29, 1.82) is 0 Å². The summed E-state index contributed by atoms with van der Waals surface area (Å²) in [5, 5.41) is 12.6. The maximum absolute atomic E-state index is 5.02. The number of aromatic nitrogens is 5. The Balaban J connectivity index is 1.59. The maximum Gasteiger partial charge on any atom is 0.202 e. The van der Waals surface area contributed by atoms with Crippen LogP contribution in [0.2, 0.25) is 0 Å². The molecule has 0 saturated heterocycles. The van der Waals surface area contributed by atoms with Crippen molar-refractivity contribution in [3.8, 4) is 0 Å². The van der Waals surface area contributed by atoms with Gasteiger partial charge in [0.2, 0.25) is 5.13 Å². The van der Waals surface area contributed by atoms with Crippen molar-refractivity contribution in [3.63, 3.8) is 0 Å². The molecule has 2 aromatic heterocycles. The first kappa shape index (κ1) is 13.4. The summed E-state index contributed by atoms with van der Waals surface area (Å²) in [5.74, 6) is 2.90. The van der Waals surface area contributed by atoms with Crippen LogP contribution in [0.3, 0.4) is 0 Å². The molecule has 1 N–H and O–H groups in total. The number of nitrogens with one attached hydrogen (secondary N) is 1. The van der Waals surface area contributed by atoms with Crippen molar-refractivity contribution in [2.24, 2.45) is 0 Å². The molecule has 20 heavy (non-hydrogen) atoms. The number of hydrogen-bond acceptors (Lipinski definition) is 7. The van der Waals surface area contributed by atoms with Crippen LogP contribution in [0.15, 0.2) is 0 Å². The van der Waals surface area contributed by atoms with Gasteiger partial charge in [0.25, 0.3) is 0 Å². The highest BCUT2D eigenvalue weighted by Gasteiger charge is 2.15. The molecule has 0 saturated carbocycles. The Bertz CT molecular complexity index is 566. The summed E-state index contributed by atoms with van der Waals surface area (Å²) in [7, 11) is 1.68. The van der Waals surface area contributed by atoms with Gasteiger partial charge >= 0.3 is 0 Å². The Morgan fingerprint density at radius 1 is 1.35 bits per heavy atom. The van der Waals surface area contributed by atoms with E-state index in [9.17, 15) is 0 Å². The largest absolute Gasteiger partial charge is 0.384 e. The first-order valence-corrected chi connectivity index (χ1v) is 7.60. The van der Waals surface area contributed by atoms with Crippen LogP contribution in [0.1, 0.15) is 30.3 Å². The van der Waals surface area contributed by atoms with Crippen molar-refractivity contribution in [2.45, 2.75) is 38.8 Å². The van der Waals surface area contributed by atoms with Crippen LogP contribution in [-0.2, 0) is 30.7 Å². The van der Waals surface area contributed by atoms with E-state index < -0.39 is 0 Å². The number of rotatable bonds is 6. The summed E-state index contributed by atoms with van der Waals surface area (Å²) in [5.41, 5.74) is 0. The highest BCUT2D eigenvalue weighted by atomic mass is 32.1. The Morgan fingerprint density at radius 2 is 2.30 bits per heavy atom. The average molecular weight is 294 g/mol. The molecule has 3 heterocycles. The second-order valence-corrected chi connectivity index (χ2v) is 5.51. The van der Waals surface area contributed by atoms with Gasteiger partial charge in [-0.2, -0.15) is 4.37 Å². The predicted octanol–water partition coefficient (Wildman–Crippen LogP) is 1.27. The van der Waals surface area contributed by atoms with Gasteiger partial charge in [-0.25, -0.2) is 4.98 Å². The summed E-state index contributed by atoms with van der Waals surface area (Å²) in [6.45, 7) is 2.31. The number of nitrogens with zero attached hydrogens (tertiary/aromatic N) is 5. The molecular formula is C12H18N6OS. The zero-order valence-corrected chi connectivity index (χ0v) is 12.3. The molecule has 0 atom stereocenters.